The maximum Gasteiger partial charge on any atom is 0.254 e. The first-order valence-electron chi connectivity index (χ1n) is 6.82. The molecule has 3 rings (SSSR count). The van der Waals surface area contributed by atoms with Gasteiger partial charge in [-0.2, -0.15) is 5.10 Å². The summed E-state index contributed by atoms with van der Waals surface area (Å²) >= 11 is 0. The minimum atomic E-state index is -0.776. The van der Waals surface area contributed by atoms with Gasteiger partial charge < -0.3 is 5.32 Å². The SMILES string of the molecule is O=C(NCc1cccnc1-n1cccn1)c1cc(F)ccc1F. The molecule has 2 aromatic heterocycles. The molecule has 2 heterocycles. The minimum Gasteiger partial charge on any atom is -0.348 e. The van der Waals surface area contributed by atoms with Gasteiger partial charge in [0, 0.05) is 30.7 Å². The number of nitrogens with zero attached hydrogens (tertiary/aromatic N) is 3. The predicted octanol–water partition coefficient (Wildman–Crippen LogP) is 2.48. The maximum absolute atomic E-state index is 13.6. The first-order valence-corrected chi connectivity index (χ1v) is 6.82. The zero-order valence-electron chi connectivity index (χ0n) is 11.9. The van der Waals surface area contributed by atoms with Crippen molar-refractivity contribution in [3.05, 3.63) is 77.8 Å². The zero-order chi connectivity index (χ0) is 16.2. The monoisotopic (exact) mass is 314 g/mol. The Morgan fingerprint density at radius 1 is 1.17 bits per heavy atom. The number of halogens is 2. The van der Waals surface area contributed by atoms with Gasteiger partial charge in [-0.3, -0.25) is 4.79 Å². The van der Waals surface area contributed by atoms with Crippen molar-refractivity contribution in [2.75, 3.05) is 0 Å². The number of hydrogen-bond donors (Lipinski definition) is 1. The number of aromatic nitrogens is 3. The molecule has 0 aliphatic carbocycles. The molecule has 0 saturated carbocycles. The van der Waals surface area contributed by atoms with Crippen molar-refractivity contribution in [2.24, 2.45) is 0 Å². The molecule has 0 spiro atoms. The second-order valence-corrected chi connectivity index (χ2v) is 4.74. The number of carbonyl (C=O) groups is 1. The molecule has 0 radical (unpaired) electrons. The van der Waals surface area contributed by atoms with E-state index in [2.05, 4.69) is 15.4 Å². The maximum atomic E-state index is 13.6. The lowest BCUT2D eigenvalue weighted by atomic mass is 10.2. The summed E-state index contributed by atoms with van der Waals surface area (Å²) in [5, 5.41) is 6.65. The Balaban J connectivity index is 1.79. The van der Waals surface area contributed by atoms with Gasteiger partial charge in [0.25, 0.3) is 5.91 Å². The third-order valence-electron chi connectivity index (χ3n) is 3.20. The Labute approximate surface area is 130 Å². The van der Waals surface area contributed by atoms with Crippen LogP contribution in [0.2, 0.25) is 0 Å². The van der Waals surface area contributed by atoms with Crippen LogP contribution in [0.5, 0.6) is 0 Å². The smallest absolute Gasteiger partial charge is 0.254 e. The van der Waals surface area contributed by atoms with Crippen LogP contribution in [-0.4, -0.2) is 20.7 Å². The van der Waals surface area contributed by atoms with Crippen LogP contribution in [0.25, 0.3) is 5.82 Å². The summed E-state index contributed by atoms with van der Waals surface area (Å²) in [6.45, 7) is 0.109. The standard InChI is InChI=1S/C16H12F2N4O/c17-12-4-5-14(18)13(9-12)16(23)20-10-11-3-1-6-19-15(11)22-8-2-7-21-22/h1-9H,10H2,(H,20,23). The van der Waals surface area contributed by atoms with Crippen LogP contribution >= 0.6 is 0 Å². The minimum absolute atomic E-state index is 0.109. The van der Waals surface area contributed by atoms with E-state index in [0.29, 0.717) is 11.4 Å². The molecule has 3 aromatic rings. The van der Waals surface area contributed by atoms with E-state index in [4.69, 9.17) is 0 Å². The Morgan fingerprint density at radius 2 is 2.04 bits per heavy atom. The Morgan fingerprint density at radius 3 is 2.83 bits per heavy atom. The molecule has 0 atom stereocenters. The van der Waals surface area contributed by atoms with Crippen LogP contribution in [-0.2, 0) is 6.54 Å². The second-order valence-electron chi connectivity index (χ2n) is 4.74. The van der Waals surface area contributed by atoms with Crippen LogP contribution in [0.15, 0.2) is 55.0 Å². The van der Waals surface area contributed by atoms with Gasteiger partial charge in [-0.25, -0.2) is 18.4 Å². The van der Waals surface area contributed by atoms with E-state index in [1.54, 1.807) is 41.5 Å². The summed E-state index contributed by atoms with van der Waals surface area (Å²) in [5.41, 5.74) is 0.357. The summed E-state index contributed by atoms with van der Waals surface area (Å²) in [4.78, 5) is 16.2. The lowest BCUT2D eigenvalue weighted by Gasteiger charge is -2.10. The Hall–Kier alpha value is -3.09. The molecule has 5 nitrogen and oxygen atoms in total. The Bertz CT molecular complexity index is 834. The van der Waals surface area contributed by atoms with E-state index in [-0.39, 0.29) is 12.1 Å². The quantitative estimate of drug-likeness (QED) is 0.805. The van der Waals surface area contributed by atoms with Crippen LogP contribution in [0.4, 0.5) is 8.78 Å². The van der Waals surface area contributed by atoms with Crippen LogP contribution in [0, 0.1) is 11.6 Å². The third-order valence-corrected chi connectivity index (χ3v) is 3.20. The summed E-state index contributed by atoms with van der Waals surface area (Å²) in [7, 11) is 0. The molecule has 1 aromatic carbocycles. The number of carbonyl (C=O) groups excluding carboxylic acids is 1. The molecular formula is C16H12F2N4O. The molecule has 0 saturated heterocycles. The second kappa shape index (κ2) is 6.35. The van der Waals surface area contributed by atoms with E-state index in [9.17, 15) is 13.6 Å². The van der Waals surface area contributed by atoms with Crippen molar-refractivity contribution in [1.29, 1.82) is 0 Å². The summed E-state index contributed by atoms with van der Waals surface area (Å²) in [6.07, 6.45) is 4.94. The molecule has 0 unspecified atom stereocenters. The molecule has 1 N–H and O–H groups in total. The molecule has 116 valence electrons. The average Bonchev–Trinajstić information content (AvgIpc) is 3.09. The van der Waals surface area contributed by atoms with Crippen LogP contribution in [0.3, 0.4) is 0 Å². The number of pyridine rings is 1. The highest BCUT2D eigenvalue weighted by Crippen LogP contribution is 2.12. The molecule has 0 fully saturated rings. The number of nitrogens with one attached hydrogen (secondary N) is 1. The van der Waals surface area contributed by atoms with Gasteiger partial charge >= 0.3 is 0 Å². The van der Waals surface area contributed by atoms with Crippen molar-refractivity contribution in [3.63, 3.8) is 0 Å². The number of rotatable bonds is 4. The Kier molecular flexibility index (Phi) is 4.09. The highest BCUT2D eigenvalue weighted by Gasteiger charge is 2.14. The molecule has 23 heavy (non-hydrogen) atoms. The number of amides is 1. The summed E-state index contributed by atoms with van der Waals surface area (Å²) in [5.74, 6) is -1.59. The van der Waals surface area contributed by atoms with Crippen molar-refractivity contribution < 1.29 is 13.6 Å². The molecule has 0 aliphatic rings. The third kappa shape index (κ3) is 3.23. The molecule has 7 heteroatoms. The lowest BCUT2D eigenvalue weighted by Crippen LogP contribution is -2.25. The van der Waals surface area contributed by atoms with E-state index in [0.717, 1.165) is 18.2 Å². The number of benzene rings is 1. The first kappa shape index (κ1) is 14.8. The predicted molar refractivity (Wildman–Crippen MR) is 78.9 cm³/mol. The van der Waals surface area contributed by atoms with Gasteiger partial charge in [-0.1, -0.05) is 6.07 Å². The number of hydrogen-bond acceptors (Lipinski definition) is 3. The molecule has 0 aliphatic heterocycles. The van der Waals surface area contributed by atoms with E-state index in [1.807, 2.05) is 0 Å². The van der Waals surface area contributed by atoms with Gasteiger partial charge in [0.15, 0.2) is 5.82 Å². The highest BCUT2D eigenvalue weighted by molar-refractivity contribution is 5.94. The van der Waals surface area contributed by atoms with Crippen LogP contribution in [0.1, 0.15) is 15.9 Å². The normalized spacial score (nSPS) is 10.5. The summed E-state index contributed by atoms with van der Waals surface area (Å²) in [6, 6.07) is 7.98. The first-order chi connectivity index (χ1) is 11.1. The van der Waals surface area contributed by atoms with Crippen molar-refractivity contribution >= 4 is 5.91 Å². The average molecular weight is 314 g/mol. The fraction of sp³-hybridized carbons (Fsp3) is 0.0625. The largest absolute Gasteiger partial charge is 0.348 e. The van der Waals surface area contributed by atoms with Gasteiger partial charge in [0.05, 0.1) is 5.56 Å². The zero-order valence-corrected chi connectivity index (χ0v) is 11.9. The van der Waals surface area contributed by atoms with E-state index in [1.165, 1.54) is 0 Å². The van der Waals surface area contributed by atoms with Gasteiger partial charge in [-0.05, 0) is 30.3 Å². The fourth-order valence-corrected chi connectivity index (χ4v) is 2.11. The molecule has 1 amide bonds. The molecule has 0 bridgehead atoms. The van der Waals surface area contributed by atoms with Crippen molar-refractivity contribution in [3.8, 4) is 5.82 Å². The molecular weight excluding hydrogens is 302 g/mol. The van der Waals surface area contributed by atoms with Gasteiger partial charge in [-0.15, -0.1) is 0 Å². The highest BCUT2D eigenvalue weighted by atomic mass is 19.1. The summed E-state index contributed by atoms with van der Waals surface area (Å²) < 4.78 is 28.3. The topological polar surface area (TPSA) is 59.8 Å². The van der Waals surface area contributed by atoms with Crippen LogP contribution < -0.4 is 5.32 Å². The van der Waals surface area contributed by atoms with Gasteiger partial charge in [0.2, 0.25) is 0 Å². The van der Waals surface area contributed by atoms with E-state index < -0.39 is 17.5 Å². The van der Waals surface area contributed by atoms with Crippen molar-refractivity contribution in [1.82, 2.24) is 20.1 Å². The van der Waals surface area contributed by atoms with Gasteiger partial charge in [0.1, 0.15) is 11.6 Å². The lowest BCUT2D eigenvalue weighted by molar-refractivity contribution is 0.0946. The van der Waals surface area contributed by atoms with Crippen molar-refractivity contribution in [2.45, 2.75) is 6.54 Å². The fourth-order valence-electron chi connectivity index (χ4n) is 2.11. The van der Waals surface area contributed by atoms with E-state index >= 15 is 0 Å².